The van der Waals surface area contributed by atoms with E-state index in [-0.39, 0.29) is 47.8 Å². The van der Waals surface area contributed by atoms with Crippen LogP contribution in [0.4, 0.5) is 0 Å². The maximum absolute atomic E-state index is 12.8. The van der Waals surface area contributed by atoms with E-state index < -0.39 is 6.10 Å². The minimum absolute atomic E-state index is 0.0389. The molecule has 2 fully saturated rings. The molecule has 3 aliphatic rings. The number of fused-ring (bicyclic) bond motifs is 1. The molecular formula is C27H42O5. The average Bonchev–Trinajstić information content (AvgIpc) is 2.72. The van der Waals surface area contributed by atoms with Gasteiger partial charge in [0.05, 0.1) is 18.4 Å². The van der Waals surface area contributed by atoms with Crippen molar-refractivity contribution >= 4 is 11.9 Å². The highest BCUT2D eigenvalue weighted by Gasteiger charge is 2.51. The minimum Gasteiger partial charge on any atom is -0.462 e. The SMILES string of the molecule is C/C=C\[C@@H]1C[C@H](OC(=O)[C@@H](C)CC)[C@@H]2[C@@H](CC[C@@H]3C[C@@H](O)CC(=O)O3)[C@@H](C)C=C[C@@]2(C)C1. The van der Waals surface area contributed by atoms with Crippen LogP contribution in [0.3, 0.4) is 0 Å². The summed E-state index contributed by atoms with van der Waals surface area (Å²) in [6.45, 7) is 10.6. The number of esters is 2. The molecule has 0 aromatic heterocycles. The Hall–Kier alpha value is -1.62. The molecule has 32 heavy (non-hydrogen) atoms. The molecular weight excluding hydrogens is 404 g/mol. The van der Waals surface area contributed by atoms with Gasteiger partial charge in [0.25, 0.3) is 0 Å². The molecule has 0 radical (unpaired) electrons. The second kappa shape index (κ2) is 10.5. The van der Waals surface area contributed by atoms with Crippen molar-refractivity contribution in [2.45, 2.75) is 97.9 Å². The summed E-state index contributed by atoms with van der Waals surface area (Å²) in [5, 5.41) is 9.99. The molecule has 180 valence electrons. The molecule has 1 N–H and O–H groups in total. The largest absolute Gasteiger partial charge is 0.462 e. The quantitative estimate of drug-likeness (QED) is 0.429. The predicted octanol–water partition coefficient (Wildman–Crippen LogP) is 5.22. The number of hydrogen-bond acceptors (Lipinski definition) is 5. The number of allylic oxidation sites excluding steroid dienone is 4. The van der Waals surface area contributed by atoms with Crippen molar-refractivity contribution in [3.8, 4) is 0 Å². The van der Waals surface area contributed by atoms with Crippen LogP contribution < -0.4 is 0 Å². The van der Waals surface area contributed by atoms with Crippen LogP contribution in [0.1, 0.15) is 79.6 Å². The third-order valence-corrected chi connectivity index (χ3v) is 8.12. The Morgan fingerprint density at radius 2 is 2.12 bits per heavy atom. The fourth-order valence-electron chi connectivity index (χ4n) is 6.27. The lowest BCUT2D eigenvalue weighted by molar-refractivity contribution is -0.169. The molecule has 5 heteroatoms. The summed E-state index contributed by atoms with van der Waals surface area (Å²) in [4.78, 5) is 24.6. The zero-order valence-electron chi connectivity index (χ0n) is 20.5. The molecule has 0 spiro atoms. The standard InChI is InChI=1S/C27H42O5/c1-6-8-19-13-23(32-26(30)17(3)7-2)25-22(18(4)11-12-27(25,5)16-19)10-9-21-14-20(28)15-24(29)31-21/h6,8,11-12,17-23,25,28H,7,9-10,13-16H2,1-5H3/b8-6-/t17-,18-,19+,20+,21+,22-,23-,25-,27-/m0/s1. The highest BCUT2D eigenvalue weighted by Crippen LogP contribution is 2.55. The van der Waals surface area contributed by atoms with Crippen LogP contribution in [0.15, 0.2) is 24.3 Å². The summed E-state index contributed by atoms with van der Waals surface area (Å²) < 4.78 is 11.7. The van der Waals surface area contributed by atoms with Gasteiger partial charge >= 0.3 is 11.9 Å². The van der Waals surface area contributed by atoms with Gasteiger partial charge in [-0.25, -0.2) is 0 Å². The molecule has 0 bridgehead atoms. The summed E-state index contributed by atoms with van der Waals surface area (Å²) in [5.41, 5.74) is -0.0389. The van der Waals surface area contributed by atoms with Crippen LogP contribution >= 0.6 is 0 Å². The number of carbonyl (C=O) groups is 2. The maximum Gasteiger partial charge on any atom is 0.308 e. The van der Waals surface area contributed by atoms with Crippen molar-refractivity contribution in [1.82, 2.24) is 0 Å². The molecule has 1 saturated heterocycles. The van der Waals surface area contributed by atoms with Crippen molar-refractivity contribution in [3.05, 3.63) is 24.3 Å². The third-order valence-electron chi connectivity index (χ3n) is 8.12. The molecule has 0 aromatic carbocycles. The van der Waals surface area contributed by atoms with Gasteiger partial charge in [-0.15, -0.1) is 0 Å². The van der Waals surface area contributed by atoms with E-state index >= 15 is 0 Å². The lowest BCUT2D eigenvalue weighted by Crippen LogP contribution is -2.51. The van der Waals surface area contributed by atoms with Gasteiger partial charge in [0.15, 0.2) is 0 Å². The zero-order chi connectivity index (χ0) is 23.5. The summed E-state index contributed by atoms with van der Waals surface area (Å²) in [7, 11) is 0. The Labute approximate surface area is 193 Å². The minimum atomic E-state index is -0.601. The molecule has 2 aliphatic carbocycles. The summed E-state index contributed by atoms with van der Waals surface area (Å²) in [6, 6.07) is 0. The van der Waals surface area contributed by atoms with Gasteiger partial charge in [0.2, 0.25) is 0 Å². The number of aliphatic hydroxyl groups excluding tert-OH is 1. The average molecular weight is 447 g/mol. The van der Waals surface area contributed by atoms with E-state index in [0.717, 1.165) is 32.1 Å². The predicted molar refractivity (Wildman–Crippen MR) is 125 cm³/mol. The Morgan fingerprint density at radius 1 is 1.38 bits per heavy atom. The number of carbonyl (C=O) groups excluding carboxylic acids is 2. The van der Waals surface area contributed by atoms with Gasteiger partial charge in [-0.05, 0) is 62.2 Å². The monoisotopic (exact) mass is 446 g/mol. The van der Waals surface area contributed by atoms with Crippen molar-refractivity contribution in [1.29, 1.82) is 0 Å². The topological polar surface area (TPSA) is 72.8 Å². The lowest BCUT2D eigenvalue weighted by atomic mass is 9.53. The highest BCUT2D eigenvalue weighted by atomic mass is 16.5. The summed E-state index contributed by atoms with van der Waals surface area (Å²) in [5.74, 6) is 0.838. The molecule has 0 unspecified atom stereocenters. The van der Waals surface area contributed by atoms with E-state index in [9.17, 15) is 14.7 Å². The highest BCUT2D eigenvalue weighted by molar-refractivity contribution is 5.72. The number of hydrogen-bond donors (Lipinski definition) is 1. The third kappa shape index (κ3) is 5.65. The molecule has 0 amide bonds. The first-order valence-corrected chi connectivity index (χ1v) is 12.6. The lowest BCUT2D eigenvalue weighted by Gasteiger charge is -2.53. The van der Waals surface area contributed by atoms with Crippen molar-refractivity contribution in [2.75, 3.05) is 0 Å². The van der Waals surface area contributed by atoms with Gasteiger partial charge in [0.1, 0.15) is 12.2 Å². The van der Waals surface area contributed by atoms with Crippen LogP contribution in [0.25, 0.3) is 0 Å². The van der Waals surface area contributed by atoms with E-state index in [1.165, 1.54) is 0 Å². The van der Waals surface area contributed by atoms with Gasteiger partial charge in [-0.2, -0.15) is 0 Å². The fourth-order valence-corrected chi connectivity index (χ4v) is 6.27. The van der Waals surface area contributed by atoms with Crippen molar-refractivity contribution in [3.63, 3.8) is 0 Å². The molecule has 5 nitrogen and oxygen atoms in total. The Balaban J connectivity index is 1.82. The number of ether oxygens (including phenoxy) is 2. The number of aliphatic hydroxyl groups is 1. The van der Waals surface area contributed by atoms with E-state index in [1.807, 2.05) is 13.8 Å². The Bertz CT molecular complexity index is 728. The van der Waals surface area contributed by atoms with Crippen molar-refractivity contribution < 1.29 is 24.2 Å². The second-order valence-corrected chi connectivity index (χ2v) is 10.7. The van der Waals surface area contributed by atoms with Crippen LogP contribution in [-0.4, -0.2) is 35.4 Å². The van der Waals surface area contributed by atoms with Crippen LogP contribution in [0.5, 0.6) is 0 Å². The molecule has 1 aliphatic heterocycles. The van der Waals surface area contributed by atoms with Crippen LogP contribution in [0.2, 0.25) is 0 Å². The van der Waals surface area contributed by atoms with Gasteiger partial charge in [-0.1, -0.05) is 52.0 Å². The van der Waals surface area contributed by atoms with Gasteiger partial charge < -0.3 is 14.6 Å². The fraction of sp³-hybridized carbons (Fsp3) is 0.778. The molecule has 0 aromatic rings. The van der Waals surface area contributed by atoms with Crippen LogP contribution in [-0.2, 0) is 19.1 Å². The first-order valence-electron chi connectivity index (χ1n) is 12.6. The second-order valence-electron chi connectivity index (χ2n) is 10.7. The van der Waals surface area contributed by atoms with Gasteiger partial charge in [-0.3, -0.25) is 9.59 Å². The molecule has 3 rings (SSSR count). The normalized spacial score (nSPS) is 40.6. The maximum atomic E-state index is 12.8. The zero-order valence-corrected chi connectivity index (χ0v) is 20.5. The summed E-state index contributed by atoms with van der Waals surface area (Å²) in [6.07, 6.45) is 13.0. The smallest absolute Gasteiger partial charge is 0.308 e. The van der Waals surface area contributed by atoms with E-state index in [2.05, 4.69) is 45.1 Å². The first-order chi connectivity index (χ1) is 15.2. The Kier molecular flexibility index (Phi) is 8.24. The van der Waals surface area contributed by atoms with Gasteiger partial charge in [0, 0.05) is 12.3 Å². The molecule has 1 saturated carbocycles. The van der Waals surface area contributed by atoms with Crippen molar-refractivity contribution in [2.24, 2.45) is 35.0 Å². The van der Waals surface area contributed by atoms with E-state index in [1.54, 1.807) is 0 Å². The molecule has 9 atom stereocenters. The van der Waals surface area contributed by atoms with E-state index in [0.29, 0.717) is 24.2 Å². The number of rotatable bonds is 7. The summed E-state index contributed by atoms with van der Waals surface area (Å²) >= 11 is 0. The molecule has 1 heterocycles. The van der Waals surface area contributed by atoms with E-state index in [4.69, 9.17) is 9.47 Å². The van der Waals surface area contributed by atoms with Crippen LogP contribution in [0, 0.1) is 35.0 Å². The number of cyclic esters (lactones) is 1. The Morgan fingerprint density at radius 3 is 2.78 bits per heavy atom. The first kappa shape index (κ1) is 25.0.